The number of halogens is 3. The van der Waals surface area contributed by atoms with Crippen molar-refractivity contribution in [2.24, 2.45) is 7.05 Å². The molecule has 0 aliphatic carbocycles. The Balaban J connectivity index is 1.94. The van der Waals surface area contributed by atoms with Crippen molar-refractivity contribution in [1.82, 2.24) is 18.7 Å². The number of aromatic amines is 1. The Morgan fingerprint density at radius 1 is 1.12 bits per heavy atom. The number of aromatic carboxylic acids is 1. The van der Waals surface area contributed by atoms with Crippen LogP contribution in [0.1, 0.15) is 27.0 Å². The predicted molar refractivity (Wildman–Crippen MR) is 113 cm³/mol. The Morgan fingerprint density at radius 3 is 2.47 bits per heavy atom. The van der Waals surface area contributed by atoms with E-state index in [4.69, 9.17) is 0 Å². The summed E-state index contributed by atoms with van der Waals surface area (Å²) < 4.78 is 42.6. The number of aromatic nitrogens is 4. The Kier molecular flexibility index (Phi) is 5.31. The number of imidazole rings is 1. The first kappa shape index (κ1) is 22.8. The Bertz CT molecular complexity index is 1640. The third-order valence-electron chi connectivity index (χ3n) is 5.64. The number of hydrogen-bond acceptors (Lipinski definition) is 5. The highest BCUT2D eigenvalue weighted by Gasteiger charge is 2.33. The Labute approximate surface area is 187 Å². The number of H-pyrrole nitrogens is 1. The standard InChI is InChI=1S/C22H17F3N4O5/c1-11-12(4-3-5-15(11)22(23,24)25)9-29-18(30)14(19(31)32)10-28(21(29)34)13-6-7-17-16(8-13)26-20(33)27(17)2/h3-8,10H,9H2,1-2H3,(H,26,33)(H,31,32)/p-1. The fourth-order valence-corrected chi connectivity index (χ4v) is 3.77. The summed E-state index contributed by atoms with van der Waals surface area (Å²) in [5.74, 6) is -1.86. The molecule has 34 heavy (non-hydrogen) atoms. The van der Waals surface area contributed by atoms with Gasteiger partial charge in [-0.2, -0.15) is 13.2 Å². The number of carboxylic acid groups (broad SMARTS) is 1. The van der Waals surface area contributed by atoms with E-state index < -0.39 is 46.8 Å². The van der Waals surface area contributed by atoms with E-state index in [0.29, 0.717) is 15.6 Å². The van der Waals surface area contributed by atoms with Crippen molar-refractivity contribution in [2.45, 2.75) is 19.6 Å². The van der Waals surface area contributed by atoms with Crippen LogP contribution in [0.4, 0.5) is 13.2 Å². The molecule has 176 valence electrons. The van der Waals surface area contributed by atoms with Gasteiger partial charge in [-0.3, -0.25) is 18.5 Å². The van der Waals surface area contributed by atoms with Gasteiger partial charge in [0.25, 0.3) is 5.56 Å². The monoisotopic (exact) mass is 473 g/mol. The maximum absolute atomic E-state index is 13.3. The van der Waals surface area contributed by atoms with Gasteiger partial charge in [0.05, 0.1) is 40.4 Å². The number of carboxylic acids is 1. The second kappa shape index (κ2) is 7.90. The minimum atomic E-state index is -4.65. The SMILES string of the molecule is Cc1c(Cn2c(=O)c(C(=O)[O-])cn(-c3ccc4c(c3)[nH]c(=O)n4C)c2=O)cccc1C(F)(F)F. The molecule has 0 atom stereocenters. The Morgan fingerprint density at radius 2 is 1.82 bits per heavy atom. The first-order valence-electron chi connectivity index (χ1n) is 9.83. The molecular weight excluding hydrogens is 457 g/mol. The van der Waals surface area contributed by atoms with Crippen molar-refractivity contribution in [1.29, 1.82) is 0 Å². The van der Waals surface area contributed by atoms with Crippen LogP contribution < -0.4 is 22.0 Å². The number of nitrogens with one attached hydrogen (secondary N) is 1. The first-order valence-corrected chi connectivity index (χ1v) is 9.83. The smallest absolute Gasteiger partial charge is 0.416 e. The molecule has 2 heterocycles. The van der Waals surface area contributed by atoms with Gasteiger partial charge in [-0.25, -0.2) is 9.59 Å². The van der Waals surface area contributed by atoms with E-state index in [1.165, 1.54) is 42.8 Å². The number of carbonyl (C=O) groups excluding carboxylic acids is 1. The van der Waals surface area contributed by atoms with Crippen molar-refractivity contribution >= 4 is 17.0 Å². The van der Waals surface area contributed by atoms with Gasteiger partial charge >= 0.3 is 17.6 Å². The minimum absolute atomic E-state index is 0.0129. The highest BCUT2D eigenvalue weighted by Crippen LogP contribution is 2.33. The second-order valence-electron chi connectivity index (χ2n) is 7.65. The average Bonchev–Trinajstić information content (AvgIpc) is 3.04. The van der Waals surface area contributed by atoms with Crippen LogP contribution in [-0.4, -0.2) is 24.7 Å². The van der Waals surface area contributed by atoms with Crippen LogP contribution in [0.15, 0.2) is 57.0 Å². The molecule has 0 aliphatic rings. The van der Waals surface area contributed by atoms with Gasteiger partial charge in [-0.15, -0.1) is 0 Å². The highest BCUT2D eigenvalue weighted by atomic mass is 19.4. The van der Waals surface area contributed by atoms with Crippen LogP contribution in [-0.2, 0) is 19.8 Å². The van der Waals surface area contributed by atoms with Gasteiger partial charge in [0, 0.05) is 13.2 Å². The van der Waals surface area contributed by atoms with Gasteiger partial charge in [0.2, 0.25) is 0 Å². The van der Waals surface area contributed by atoms with Gasteiger partial charge < -0.3 is 14.9 Å². The fraction of sp³-hybridized carbons (Fsp3) is 0.182. The molecule has 0 spiro atoms. The van der Waals surface area contributed by atoms with Crippen molar-refractivity contribution in [3.05, 3.63) is 96.2 Å². The number of hydrogen-bond donors (Lipinski definition) is 1. The molecule has 2 aromatic carbocycles. The minimum Gasteiger partial charge on any atom is -0.545 e. The topological polar surface area (TPSA) is 122 Å². The van der Waals surface area contributed by atoms with Crippen molar-refractivity contribution in [3.63, 3.8) is 0 Å². The van der Waals surface area contributed by atoms with Crippen LogP contribution in [0.3, 0.4) is 0 Å². The summed E-state index contributed by atoms with van der Waals surface area (Å²) >= 11 is 0. The van der Waals surface area contributed by atoms with E-state index in [2.05, 4.69) is 4.98 Å². The second-order valence-corrected chi connectivity index (χ2v) is 7.65. The molecule has 1 N–H and O–H groups in total. The predicted octanol–water partition coefficient (Wildman–Crippen LogP) is 0.918. The van der Waals surface area contributed by atoms with E-state index in [1.807, 2.05) is 0 Å². The number of fused-ring (bicyclic) bond motifs is 1. The molecule has 12 heteroatoms. The van der Waals surface area contributed by atoms with Crippen molar-refractivity contribution < 1.29 is 23.1 Å². The van der Waals surface area contributed by atoms with E-state index in [0.717, 1.165) is 22.9 Å². The number of nitrogens with zero attached hydrogens (tertiary/aromatic N) is 3. The van der Waals surface area contributed by atoms with Gasteiger partial charge in [0.15, 0.2) is 0 Å². The van der Waals surface area contributed by atoms with Gasteiger partial charge in [-0.1, -0.05) is 12.1 Å². The maximum Gasteiger partial charge on any atom is 0.416 e. The molecule has 0 fully saturated rings. The summed E-state index contributed by atoms with van der Waals surface area (Å²) in [6.45, 7) is 0.600. The first-order chi connectivity index (χ1) is 15.9. The molecule has 0 radical (unpaired) electrons. The van der Waals surface area contributed by atoms with Gasteiger partial charge in [-0.05, 0) is 42.3 Å². The summed E-state index contributed by atoms with van der Waals surface area (Å²) in [4.78, 5) is 51.9. The average molecular weight is 473 g/mol. The zero-order valence-electron chi connectivity index (χ0n) is 17.8. The molecule has 0 aliphatic heterocycles. The zero-order chi connectivity index (χ0) is 24.9. The lowest BCUT2D eigenvalue weighted by Crippen LogP contribution is -2.44. The molecule has 0 unspecified atom stereocenters. The lowest BCUT2D eigenvalue weighted by atomic mass is 10.0. The molecule has 2 aromatic heterocycles. The molecular formula is C22H16F3N4O5-. The lowest BCUT2D eigenvalue weighted by Gasteiger charge is -2.17. The van der Waals surface area contributed by atoms with Crippen LogP contribution in [0.5, 0.6) is 0 Å². The largest absolute Gasteiger partial charge is 0.545 e. The Hall–Kier alpha value is -4.35. The number of rotatable bonds is 4. The van der Waals surface area contributed by atoms with Crippen LogP contribution in [0, 0.1) is 6.92 Å². The molecule has 0 saturated heterocycles. The third kappa shape index (κ3) is 3.72. The van der Waals surface area contributed by atoms with Crippen LogP contribution in [0.25, 0.3) is 16.7 Å². The molecule has 0 amide bonds. The molecule has 4 aromatic rings. The summed E-state index contributed by atoms with van der Waals surface area (Å²) in [5.41, 5.74) is -3.62. The van der Waals surface area contributed by atoms with E-state index in [9.17, 15) is 37.5 Å². The van der Waals surface area contributed by atoms with E-state index in [-0.39, 0.29) is 16.8 Å². The van der Waals surface area contributed by atoms with Crippen LogP contribution >= 0.6 is 0 Å². The maximum atomic E-state index is 13.3. The number of benzene rings is 2. The van der Waals surface area contributed by atoms with Crippen LogP contribution in [0.2, 0.25) is 0 Å². The lowest BCUT2D eigenvalue weighted by molar-refractivity contribution is -0.255. The fourth-order valence-electron chi connectivity index (χ4n) is 3.77. The zero-order valence-corrected chi connectivity index (χ0v) is 17.8. The summed E-state index contributed by atoms with van der Waals surface area (Å²) in [7, 11) is 1.53. The molecule has 9 nitrogen and oxygen atoms in total. The van der Waals surface area contributed by atoms with Gasteiger partial charge in [0.1, 0.15) is 0 Å². The van der Waals surface area contributed by atoms with Crippen molar-refractivity contribution in [2.75, 3.05) is 0 Å². The quantitative estimate of drug-likeness (QED) is 0.472. The summed E-state index contributed by atoms with van der Waals surface area (Å²) in [6, 6.07) is 7.67. The normalized spacial score (nSPS) is 11.8. The number of aryl methyl sites for hydroxylation is 1. The number of alkyl halides is 3. The molecule has 4 rings (SSSR count). The molecule has 0 saturated carbocycles. The van der Waals surface area contributed by atoms with E-state index in [1.54, 1.807) is 0 Å². The summed E-state index contributed by atoms with van der Waals surface area (Å²) in [6.07, 6.45) is -3.86. The summed E-state index contributed by atoms with van der Waals surface area (Å²) in [5, 5.41) is 11.6. The van der Waals surface area contributed by atoms with Crippen molar-refractivity contribution in [3.8, 4) is 5.69 Å². The number of carbonyl (C=O) groups is 1. The van der Waals surface area contributed by atoms with E-state index >= 15 is 0 Å². The molecule has 0 bridgehead atoms. The highest BCUT2D eigenvalue weighted by molar-refractivity contribution is 5.85. The third-order valence-corrected chi connectivity index (χ3v) is 5.64.